The minimum atomic E-state index is -0.877. The van der Waals surface area contributed by atoms with Crippen molar-refractivity contribution < 1.29 is 19.3 Å². The van der Waals surface area contributed by atoms with Crippen LogP contribution in [0.25, 0.3) is 11.8 Å². The van der Waals surface area contributed by atoms with Crippen molar-refractivity contribution in [1.82, 2.24) is 20.4 Å². The van der Waals surface area contributed by atoms with Gasteiger partial charge in [-0.15, -0.1) is 0 Å². The van der Waals surface area contributed by atoms with Crippen LogP contribution in [0.15, 0.2) is 29.8 Å². The van der Waals surface area contributed by atoms with Crippen molar-refractivity contribution in [2.45, 2.75) is 13.8 Å². The number of urea groups is 1. The molecule has 0 unspecified atom stereocenters. The van der Waals surface area contributed by atoms with Crippen molar-refractivity contribution in [3.63, 3.8) is 0 Å². The number of rotatable bonds is 3. The predicted octanol–water partition coefficient (Wildman–Crippen LogP) is 1.15. The summed E-state index contributed by atoms with van der Waals surface area (Å²) in [5.41, 5.74) is 1.75. The van der Waals surface area contributed by atoms with Crippen LogP contribution >= 0.6 is 0 Å². The number of hydrogen-bond donors (Lipinski definition) is 2. The van der Waals surface area contributed by atoms with Gasteiger partial charge < -0.3 is 0 Å². The minimum Gasteiger partial charge on any atom is -0.273 e. The molecule has 0 radical (unpaired) electrons. The summed E-state index contributed by atoms with van der Waals surface area (Å²) in [4.78, 5) is 45.3. The maximum atomic E-state index is 11.9. The Balaban J connectivity index is 2.07. The molecule has 2 N–H and O–H groups in total. The number of nitro benzene ring substituents is 1. The van der Waals surface area contributed by atoms with Gasteiger partial charge in [0.2, 0.25) is 0 Å². The van der Waals surface area contributed by atoms with E-state index in [1.807, 2.05) is 10.6 Å². The Labute approximate surface area is 146 Å². The number of benzene rings is 1. The van der Waals surface area contributed by atoms with Crippen molar-refractivity contribution in [2.24, 2.45) is 0 Å². The first-order valence-electron chi connectivity index (χ1n) is 7.47. The van der Waals surface area contributed by atoms with E-state index in [0.717, 1.165) is 0 Å². The van der Waals surface area contributed by atoms with E-state index < -0.39 is 22.8 Å². The molecule has 10 heteroatoms. The maximum absolute atomic E-state index is 11.9. The van der Waals surface area contributed by atoms with Crippen LogP contribution in [-0.2, 0) is 9.59 Å². The lowest BCUT2D eigenvalue weighted by Gasteiger charge is -2.13. The van der Waals surface area contributed by atoms with E-state index in [9.17, 15) is 24.5 Å². The molecule has 0 saturated carbocycles. The van der Waals surface area contributed by atoms with Crippen molar-refractivity contribution in [3.8, 4) is 5.69 Å². The van der Waals surface area contributed by atoms with Gasteiger partial charge in [-0.05, 0) is 26.0 Å². The first-order chi connectivity index (χ1) is 12.3. The zero-order chi connectivity index (χ0) is 19.0. The molecule has 0 spiro atoms. The highest BCUT2D eigenvalue weighted by molar-refractivity contribution is 6.31. The van der Waals surface area contributed by atoms with Gasteiger partial charge in [-0.25, -0.2) is 9.48 Å². The fourth-order valence-electron chi connectivity index (χ4n) is 2.60. The average molecular weight is 355 g/mol. The lowest BCUT2D eigenvalue weighted by molar-refractivity contribution is -0.384. The van der Waals surface area contributed by atoms with Crippen LogP contribution in [0.2, 0.25) is 0 Å². The van der Waals surface area contributed by atoms with E-state index in [-0.39, 0.29) is 11.3 Å². The van der Waals surface area contributed by atoms with Crippen molar-refractivity contribution in [3.05, 3.63) is 56.9 Å². The molecule has 1 aliphatic rings. The van der Waals surface area contributed by atoms with E-state index in [2.05, 4.69) is 5.10 Å². The monoisotopic (exact) mass is 355 g/mol. The van der Waals surface area contributed by atoms with Crippen molar-refractivity contribution in [1.29, 1.82) is 0 Å². The highest BCUT2D eigenvalue weighted by Crippen LogP contribution is 2.23. The number of carbonyl (C=O) groups excluding carboxylic acids is 3. The number of nitro groups is 1. The summed E-state index contributed by atoms with van der Waals surface area (Å²) in [6.07, 6.45) is 1.34. The summed E-state index contributed by atoms with van der Waals surface area (Å²) in [7, 11) is 0. The summed E-state index contributed by atoms with van der Waals surface area (Å²) in [6.45, 7) is 3.38. The van der Waals surface area contributed by atoms with E-state index in [1.54, 1.807) is 19.9 Å². The molecular formula is C16H13N5O5. The molecule has 1 aromatic carbocycles. The number of non-ortho nitro benzene ring substituents is 1. The fraction of sp³-hybridized carbons (Fsp3) is 0.125. The Bertz CT molecular complexity index is 982. The third-order valence-corrected chi connectivity index (χ3v) is 3.86. The molecule has 26 heavy (non-hydrogen) atoms. The standard InChI is InChI=1S/C16H13N5O5/c1-8-12(7-13-14(22)17-16(24)18-15(13)23)9(2)20(19-8)10-4-3-5-11(6-10)21(25)26/h3-7H,1-2H3,(H2,17,18,22,23,24). The van der Waals surface area contributed by atoms with Gasteiger partial charge in [0.25, 0.3) is 17.5 Å². The van der Waals surface area contributed by atoms with E-state index in [0.29, 0.717) is 22.6 Å². The minimum absolute atomic E-state index is 0.0838. The number of aromatic nitrogens is 2. The lowest BCUT2D eigenvalue weighted by Crippen LogP contribution is -2.51. The molecule has 1 aliphatic heterocycles. The van der Waals surface area contributed by atoms with Crippen LogP contribution < -0.4 is 10.6 Å². The second-order valence-electron chi connectivity index (χ2n) is 5.57. The van der Waals surface area contributed by atoms with Crippen LogP contribution in [0, 0.1) is 24.0 Å². The molecule has 3 rings (SSSR count). The van der Waals surface area contributed by atoms with Gasteiger partial charge >= 0.3 is 6.03 Å². The number of hydrogen-bond acceptors (Lipinski definition) is 6. The molecule has 0 aliphatic carbocycles. The van der Waals surface area contributed by atoms with Crippen LogP contribution in [0.3, 0.4) is 0 Å². The Kier molecular flexibility index (Phi) is 4.08. The fourth-order valence-corrected chi connectivity index (χ4v) is 2.60. The normalized spacial score (nSPS) is 14.1. The molecule has 2 heterocycles. The number of imide groups is 2. The molecule has 10 nitrogen and oxygen atoms in total. The largest absolute Gasteiger partial charge is 0.328 e. The van der Waals surface area contributed by atoms with Crippen molar-refractivity contribution >= 4 is 29.6 Å². The van der Waals surface area contributed by atoms with E-state index in [4.69, 9.17) is 0 Å². The SMILES string of the molecule is Cc1nn(-c2cccc([N+](=O)[O-])c2)c(C)c1C=C1C(=O)NC(=O)NC1=O. The summed E-state index contributed by atoms with van der Waals surface area (Å²) < 4.78 is 1.48. The molecule has 0 bridgehead atoms. The van der Waals surface area contributed by atoms with Gasteiger partial charge in [0.15, 0.2) is 0 Å². The van der Waals surface area contributed by atoms with Gasteiger partial charge in [-0.3, -0.25) is 30.3 Å². The van der Waals surface area contributed by atoms with Crippen molar-refractivity contribution in [2.75, 3.05) is 0 Å². The first-order valence-corrected chi connectivity index (χ1v) is 7.47. The van der Waals surface area contributed by atoms with Gasteiger partial charge in [-0.2, -0.15) is 5.10 Å². The molecule has 1 fully saturated rings. The Hall–Kier alpha value is -3.82. The molecule has 4 amide bonds. The highest BCUT2D eigenvalue weighted by Gasteiger charge is 2.28. The topological polar surface area (TPSA) is 136 Å². The van der Waals surface area contributed by atoms with Crippen LogP contribution in [0.4, 0.5) is 10.5 Å². The van der Waals surface area contributed by atoms with Crippen LogP contribution in [0.1, 0.15) is 17.0 Å². The highest BCUT2D eigenvalue weighted by atomic mass is 16.6. The zero-order valence-electron chi connectivity index (χ0n) is 13.8. The summed E-state index contributed by atoms with van der Waals surface area (Å²) in [6, 6.07) is 5.05. The number of carbonyl (C=O) groups is 3. The second kappa shape index (κ2) is 6.24. The predicted molar refractivity (Wildman–Crippen MR) is 89.4 cm³/mol. The number of barbiturate groups is 1. The number of nitrogens with one attached hydrogen (secondary N) is 2. The second-order valence-corrected chi connectivity index (χ2v) is 5.57. The molecular weight excluding hydrogens is 342 g/mol. The third-order valence-electron chi connectivity index (χ3n) is 3.86. The number of nitrogens with zero attached hydrogens (tertiary/aromatic N) is 3. The zero-order valence-corrected chi connectivity index (χ0v) is 13.8. The van der Waals surface area contributed by atoms with Gasteiger partial charge in [0, 0.05) is 23.4 Å². The third kappa shape index (κ3) is 2.95. The van der Waals surface area contributed by atoms with Crippen LogP contribution in [0.5, 0.6) is 0 Å². The number of amides is 4. The molecule has 0 atom stereocenters. The Morgan fingerprint density at radius 3 is 2.42 bits per heavy atom. The smallest absolute Gasteiger partial charge is 0.273 e. The van der Waals surface area contributed by atoms with Crippen LogP contribution in [-0.4, -0.2) is 32.5 Å². The van der Waals surface area contributed by atoms with E-state index in [1.165, 1.54) is 29.0 Å². The molecule has 1 saturated heterocycles. The van der Waals surface area contributed by atoms with Gasteiger partial charge in [0.1, 0.15) is 5.57 Å². The average Bonchev–Trinajstić information content (AvgIpc) is 2.85. The maximum Gasteiger partial charge on any atom is 0.328 e. The Morgan fingerprint density at radius 2 is 1.81 bits per heavy atom. The Morgan fingerprint density at radius 1 is 1.15 bits per heavy atom. The molecule has 2 aromatic rings. The molecule has 132 valence electrons. The summed E-state index contributed by atoms with van der Waals surface area (Å²) in [5.74, 6) is -1.61. The quantitative estimate of drug-likeness (QED) is 0.367. The molecule has 1 aromatic heterocycles. The number of aryl methyl sites for hydroxylation is 1. The summed E-state index contributed by atoms with van der Waals surface area (Å²) in [5, 5.41) is 19.3. The lowest BCUT2D eigenvalue weighted by atomic mass is 10.1. The van der Waals surface area contributed by atoms with Gasteiger partial charge in [-0.1, -0.05) is 6.07 Å². The first kappa shape index (κ1) is 17.0. The van der Waals surface area contributed by atoms with Gasteiger partial charge in [0.05, 0.1) is 16.3 Å². The van der Waals surface area contributed by atoms with E-state index >= 15 is 0 Å². The summed E-state index contributed by atoms with van der Waals surface area (Å²) >= 11 is 0.